The molecule has 0 radical (unpaired) electrons. The zero-order valence-corrected chi connectivity index (χ0v) is 15.9. The Morgan fingerprint density at radius 1 is 0.963 bits per heavy atom. The van der Waals surface area contributed by atoms with Gasteiger partial charge in [-0.3, -0.25) is 9.59 Å². The molecule has 0 spiro atoms. The minimum absolute atomic E-state index is 0.0861. The molecule has 0 aromatic heterocycles. The van der Waals surface area contributed by atoms with Gasteiger partial charge in [-0.05, 0) is 42.0 Å². The fraction of sp³-hybridized carbons (Fsp3) is 0.200. The van der Waals surface area contributed by atoms with Crippen molar-refractivity contribution in [2.45, 2.75) is 0 Å². The smallest absolute Gasteiger partial charge is 0.255 e. The van der Waals surface area contributed by atoms with Crippen LogP contribution in [0.4, 0.5) is 4.39 Å². The fourth-order valence-corrected chi connectivity index (χ4v) is 3.29. The summed E-state index contributed by atoms with van der Waals surface area (Å²) < 4.78 is 13.1. The average molecular weight is 407 g/mol. The number of amides is 2. The number of piperazine rings is 1. The van der Waals surface area contributed by atoms with Crippen molar-refractivity contribution >= 4 is 41.1 Å². The monoisotopic (exact) mass is 406 g/mol. The lowest BCUT2D eigenvalue weighted by Crippen LogP contribution is -2.50. The number of hydrogen-bond acceptors (Lipinski definition) is 2. The van der Waals surface area contributed by atoms with Crippen LogP contribution in [0.5, 0.6) is 0 Å². The third-order valence-electron chi connectivity index (χ3n) is 4.31. The second-order valence-corrected chi connectivity index (χ2v) is 6.97. The number of benzene rings is 2. The van der Waals surface area contributed by atoms with Gasteiger partial charge in [0.25, 0.3) is 5.91 Å². The van der Waals surface area contributed by atoms with Crippen LogP contribution in [0.15, 0.2) is 48.5 Å². The molecular formula is C20H17Cl2FN2O2. The molecule has 2 amide bonds. The second-order valence-electron chi connectivity index (χ2n) is 6.13. The highest BCUT2D eigenvalue weighted by Gasteiger charge is 2.25. The van der Waals surface area contributed by atoms with Crippen LogP contribution in [0.25, 0.3) is 6.08 Å². The molecule has 0 saturated carbocycles. The summed E-state index contributed by atoms with van der Waals surface area (Å²) in [5.74, 6) is -0.873. The highest BCUT2D eigenvalue weighted by Crippen LogP contribution is 2.20. The summed E-state index contributed by atoms with van der Waals surface area (Å²) >= 11 is 11.9. The normalized spacial score (nSPS) is 14.6. The van der Waals surface area contributed by atoms with Crippen molar-refractivity contribution in [1.82, 2.24) is 9.80 Å². The van der Waals surface area contributed by atoms with E-state index in [2.05, 4.69) is 0 Å². The molecule has 4 nitrogen and oxygen atoms in total. The van der Waals surface area contributed by atoms with Gasteiger partial charge in [-0.25, -0.2) is 4.39 Å². The lowest BCUT2D eigenvalue weighted by molar-refractivity contribution is -0.127. The minimum Gasteiger partial charge on any atom is -0.336 e. The van der Waals surface area contributed by atoms with Gasteiger partial charge in [0.2, 0.25) is 5.91 Å². The molecule has 1 saturated heterocycles. The quantitative estimate of drug-likeness (QED) is 0.718. The molecule has 2 aromatic carbocycles. The Labute approximate surface area is 166 Å². The van der Waals surface area contributed by atoms with Gasteiger partial charge in [0.05, 0.1) is 10.6 Å². The lowest BCUT2D eigenvalue weighted by Gasteiger charge is -2.34. The van der Waals surface area contributed by atoms with Gasteiger partial charge >= 0.3 is 0 Å². The van der Waals surface area contributed by atoms with Gasteiger partial charge in [-0.15, -0.1) is 0 Å². The minimum atomic E-state index is -0.488. The molecule has 1 fully saturated rings. The molecule has 0 N–H and O–H groups in total. The molecule has 3 rings (SSSR count). The van der Waals surface area contributed by atoms with E-state index in [0.717, 1.165) is 11.6 Å². The molecule has 0 bridgehead atoms. The topological polar surface area (TPSA) is 40.6 Å². The van der Waals surface area contributed by atoms with Crippen LogP contribution in [0.3, 0.4) is 0 Å². The van der Waals surface area contributed by atoms with E-state index < -0.39 is 5.82 Å². The van der Waals surface area contributed by atoms with Crippen LogP contribution in [-0.2, 0) is 4.79 Å². The highest BCUT2D eigenvalue weighted by atomic mass is 35.5. The van der Waals surface area contributed by atoms with E-state index in [1.807, 2.05) is 12.1 Å². The predicted octanol–water partition coefficient (Wildman–Crippen LogP) is 4.13. The standard InChI is InChI=1S/C20H17Cl2FN2O2/c21-15-3-1-2-14(12-15)4-7-19(26)24-8-10-25(11-9-24)20(27)17-6-5-16(23)13-18(17)22/h1-7,12-13H,8-11H2/b7-4+. The van der Waals surface area contributed by atoms with E-state index in [9.17, 15) is 14.0 Å². The van der Waals surface area contributed by atoms with E-state index in [0.29, 0.717) is 31.2 Å². The van der Waals surface area contributed by atoms with Crippen molar-refractivity contribution in [2.75, 3.05) is 26.2 Å². The Hall–Kier alpha value is -2.37. The van der Waals surface area contributed by atoms with Crippen LogP contribution in [0.2, 0.25) is 10.0 Å². The Morgan fingerprint density at radius 3 is 2.33 bits per heavy atom. The molecule has 0 aliphatic carbocycles. The first kappa shape index (κ1) is 19.4. The summed E-state index contributed by atoms with van der Waals surface area (Å²) in [6.07, 6.45) is 3.21. The molecular weight excluding hydrogens is 390 g/mol. The van der Waals surface area contributed by atoms with Crippen LogP contribution >= 0.6 is 23.2 Å². The third kappa shape index (κ3) is 4.87. The summed E-state index contributed by atoms with van der Waals surface area (Å²) in [6, 6.07) is 10.9. The van der Waals surface area contributed by atoms with Crippen molar-refractivity contribution in [2.24, 2.45) is 0 Å². The average Bonchev–Trinajstić information content (AvgIpc) is 2.66. The zero-order valence-electron chi connectivity index (χ0n) is 14.4. The highest BCUT2D eigenvalue weighted by molar-refractivity contribution is 6.33. The largest absolute Gasteiger partial charge is 0.336 e. The molecule has 27 heavy (non-hydrogen) atoms. The van der Waals surface area contributed by atoms with Gasteiger partial charge < -0.3 is 9.80 Å². The predicted molar refractivity (Wildman–Crippen MR) is 104 cm³/mol. The first-order valence-electron chi connectivity index (χ1n) is 8.41. The summed E-state index contributed by atoms with van der Waals surface area (Å²) in [6.45, 7) is 1.62. The van der Waals surface area contributed by atoms with Crippen LogP contribution < -0.4 is 0 Å². The van der Waals surface area contributed by atoms with Gasteiger partial charge in [0.1, 0.15) is 5.82 Å². The van der Waals surface area contributed by atoms with Crippen molar-refractivity contribution in [3.8, 4) is 0 Å². The fourth-order valence-electron chi connectivity index (χ4n) is 2.85. The Kier molecular flexibility index (Phi) is 6.14. The molecule has 0 atom stereocenters. The van der Waals surface area contributed by atoms with Crippen molar-refractivity contribution in [1.29, 1.82) is 0 Å². The van der Waals surface area contributed by atoms with Crippen molar-refractivity contribution < 1.29 is 14.0 Å². The molecule has 1 aliphatic rings. The van der Waals surface area contributed by atoms with Gasteiger partial charge in [0, 0.05) is 37.3 Å². The maximum atomic E-state index is 13.1. The van der Waals surface area contributed by atoms with Crippen LogP contribution in [-0.4, -0.2) is 47.8 Å². The van der Waals surface area contributed by atoms with E-state index >= 15 is 0 Å². The number of carbonyl (C=O) groups is 2. The van der Waals surface area contributed by atoms with E-state index in [4.69, 9.17) is 23.2 Å². The van der Waals surface area contributed by atoms with Crippen molar-refractivity contribution in [3.05, 3.63) is 75.5 Å². The Bertz CT molecular complexity index is 893. The first-order chi connectivity index (χ1) is 12.9. The van der Waals surface area contributed by atoms with Gasteiger partial charge in [-0.1, -0.05) is 35.3 Å². The first-order valence-corrected chi connectivity index (χ1v) is 9.16. The molecule has 1 heterocycles. The SMILES string of the molecule is O=C(/C=C/c1cccc(Cl)c1)N1CCN(C(=O)c2ccc(F)cc2Cl)CC1. The summed E-state index contributed by atoms with van der Waals surface area (Å²) in [4.78, 5) is 28.2. The summed E-state index contributed by atoms with van der Waals surface area (Å²) in [5.41, 5.74) is 1.11. The van der Waals surface area contributed by atoms with E-state index in [1.54, 1.807) is 28.0 Å². The number of nitrogens with zero attached hydrogens (tertiary/aromatic N) is 2. The Morgan fingerprint density at radius 2 is 1.67 bits per heavy atom. The number of hydrogen-bond donors (Lipinski definition) is 0. The number of carbonyl (C=O) groups excluding carboxylic acids is 2. The van der Waals surface area contributed by atoms with Gasteiger partial charge in [0.15, 0.2) is 0 Å². The second kappa shape index (κ2) is 8.55. The van der Waals surface area contributed by atoms with Crippen LogP contribution in [0.1, 0.15) is 15.9 Å². The third-order valence-corrected chi connectivity index (χ3v) is 4.85. The number of rotatable bonds is 3. The van der Waals surface area contributed by atoms with Crippen LogP contribution in [0, 0.1) is 5.82 Å². The molecule has 1 aliphatic heterocycles. The van der Waals surface area contributed by atoms with Gasteiger partial charge in [-0.2, -0.15) is 0 Å². The van der Waals surface area contributed by atoms with E-state index in [-0.39, 0.29) is 22.4 Å². The molecule has 7 heteroatoms. The maximum Gasteiger partial charge on any atom is 0.255 e. The molecule has 2 aromatic rings. The number of halogens is 3. The molecule has 140 valence electrons. The van der Waals surface area contributed by atoms with Crippen molar-refractivity contribution in [3.63, 3.8) is 0 Å². The zero-order chi connectivity index (χ0) is 19.4. The summed E-state index contributed by atoms with van der Waals surface area (Å²) in [5, 5.41) is 0.694. The molecule has 0 unspecified atom stereocenters. The maximum absolute atomic E-state index is 13.1. The lowest BCUT2D eigenvalue weighted by atomic mass is 10.1. The van der Waals surface area contributed by atoms with E-state index in [1.165, 1.54) is 18.2 Å². The Balaban J connectivity index is 1.58. The summed E-state index contributed by atoms with van der Waals surface area (Å²) in [7, 11) is 0.